The molecule has 2 rings (SSSR count). The number of nitrogens with zero attached hydrogens (tertiary/aromatic N) is 2. The summed E-state index contributed by atoms with van der Waals surface area (Å²) in [6, 6.07) is 5.27. The summed E-state index contributed by atoms with van der Waals surface area (Å²) >= 11 is 0. The highest BCUT2D eigenvalue weighted by atomic mass is 16.7. The zero-order valence-electron chi connectivity index (χ0n) is 8.57. The van der Waals surface area contributed by atoms with Crippen LogP contribution >= 0.6 is 0 Å². The molecule has 0 aliphatic carbocycles. The van der Waals surface area contributed by atoms with Gasteiger partial charge in [-0.1, -0.05) is 6.07 Å². The Balaban J connectivity index is 1.93. The molecule has 2 heterocycles. The van der Waals surface area contributed by atoms with Crippen molar-refractivity contribution in [1.82, 2.24) is 9.88 Å². The van der Waals surface area contributed by atoms with Crippen molar-refractivity contribution in [3.8, 4) is 5.88 Å². The maximum Gasteiger partial charge on any atom is 0.407 e. The topological polar surface area (TPSA) is 71.9 Å². The first-order chi connectivity index (χ1) is 7.75. The third kappa shape index (κ3) is 2.60. The van der Waals surface area contributed by atoms with E-state index >= 15 is 0 Å². The SMILES string of the molecule is O=C(O)N1CCOC(Oc2ccccn2)C1. The molecule has 0 aromatic carbocycles. The minimum absolute atomic E-state index is 0.200. The van der Waals surface area contributed by atoms with Gasteiger partial charge in [0.1, 0.15) is 0 Å². The van der Waals surface area contributed by atoms with E-state index in [0.717, 1.165) is 0 Å². The monoisotopic (exact) mass is 224 g/mol. The number of rotatable bonds is 2. The van der Waals surface area contributed by atoms with Crippen LogP contribution in [0.2, 0.25) is 0 Å². The van der Waals surface area contributed by atoms with Gasteiger partial charge in [0.05, 0.1) is 13.2 Å². The smallest absolute Gasteiger partial charge is 0.407 e. The fraction of sp³-hybridized carbons (Fsp3) is 0.400. The summed E-state index contributed by atoms with van der Waals surface area (Å²) < 4.78 is 10.7. The minimum Gasteiger partial charge on any atom is -0.465 e. The Kier molecular flexibility index (Phi) is 3.21. The van der Waals surface area contributed by atoms with Crippen LogP contribution in [0, 0.1) is 0 Å². The highest BCUT2D eigenvalue weighted by Gasteiger charge is 2.25. The molecule has 1 atom stereocenters. The van der Waals surface area contributed by atoms with Crippen molar-refractivity contribution in [2.24, 2.45) is 0 Å². The number of aromatic nitrogens is 1. The second-order valence-electron chi connectivity index (χ2n) is 3.31. The molecule has 1 aromatic rings. The lowest BCUT2D eigenvalue weighted by atomic mass is 10.4. The maximum atomic E-state index is 10.8. The van der Waals surface area contributed by atoms with Crippen molar-refractivity contribution in [3.63, 3.8) is 0 Å². The van der Waals surface area contributed by atoms with Gasteiger partial charge in [0.15, 0.2) is 0 Å². The Labute approximate surface area is 92.4 Å². The molecule has 0 bridgehead atoms. The Bertz CT molecular complexity index is 357. The molecule has 1 saturated heterocycles. The van der Waals surface area contributed by atoms with Crippen LogP contribution in [0.1, 0.15) is 0 Å². The normalized spacial score (nSPS) is 20.5. The van der Waals surface area contributed by atoms with Gasteiger partial charge in [-0.05, 0) is 6.07 Å². The van der Waals surface area contributed by atoms with Crippen LogP contribution in [0.3, 0.4) is 0 Å². The molecule has 1 N–H and O–H groups in total. The van der Waals surface area contributed by atoms with Crippen LogP contribution in [0.25, 0.3) is 0 Å². The van der Waals surface area contributed by atoms with E-state index in [1.165, 1.54) is 4.90 Å². The lowest BCUT2D eigenvalue weighted by Gasteiger charge is -2.30. The lowest BCUT2D eigenvalue weighted by molar-refractivity contribution is -0.125. The summed E-state index contributed by atoms with van der Waals surface area (Å²) in [5, 5.41) is 8.82. The van der Waals surface area contributed by atoms with Gasteiger partial charge in [0.2, 0.25) is 12.2 Å². The maximum absolute atomic E-state index is 10.8. The number of carbonyl (C=O) groups is 1. The van der Waals surface area contributed by atoms with Crippen molar-refractivity contribution in [1.29, 1.82) is 0 Å². The van der Waals surface area contributed by atoms with E-state index in [0.29, 0.717) is 19.0 Å². The van der Waals surface area contributed by atoms with E-state index in [1.54, 1.807) is 24.4 Å². The highest BCUT2D eigenvalue weighted by molar-refractivity contribution is 5.65. The summed E-state index contributed by atoms with van der Waals surface area (Å²) in [5.74, 6) is 0.430. The van der Waals surface area contributed by atoms with E-state index in [2.05, 4.69) is 4.98 Å². The Morgan fingerprint density at radius 3 is 3.19 bits per heavy atom. The molecule has 1 aliphatic heterocycles. The quantitative estimate of drug-likeness (QED) is 0.804. The van der Waals surface area contributed by atoms with Gasteiger partial charge in [-0.15, -0.1) is 0 Å². The van der Waals surface area contributed by atoms with Gasteiger partial charge in [0, 0.05) is 18.8 Å². The highest BCUT2D eigenvalue weighted by Crippen LogP contribution is 2.11. The van der Waals surface area contributed by atoms with Gasteiger partial charge in [0.25, 0.3) is 0 Å². The molecule has 1 fully saturated rings. The van der Waals surface area contributed by atoms with E-state index < -0.39 is 12.4 Å². The Morgan fingerprint density at radius 1 is 1.62 bits per heavy atom. The molecule has 86 valence electrons. The molecule has 1 aromatic heterocycles. The second kappa shape index (κ2) is 4.80. The molecular formula is C10H12N2O4. The van der Waals surface area contributed by atoms with Gasteiger partial charge in [-0.25, -0.2) is 9.78 Å². The summed E-state index contributed by atoms with van der Waals surface area (Å²) in [6.07, 6.45) is 0.0605. The average molecular weight is 224 g/mol. The van der Waals surface area contributed by atoms with Gasteiger partial charge in [-0.3, -0.25) is 4.90 Å². The van der Waals surface area contributed by atoms with E-state index in [-0.39, 0.29) is 6.54 Å². The molecule has 1 unspecified atom stereocenters. The van der Waals surface area contributed by atoms with Crippen molar-refractivity contribution in [2.75, 3.05) is 19.7 Å². The predicted molar refractivity (Wildman–Crippen MR) is 54.2 cm³/mol. The molecule has 0 radical (unpaired) electrons. The molecule has 0 saturated carbocycles. The number of ether oxygens (including phenoxy) is 2. The first-order valence-electron chi connectivity index (χ1n) is 4.93. The summed E-state index contributed by atoms with van der Waals surface area (Å²) in [6.45, 7) is 0.910. The molecule has 6 heteroatoms. The standard InChI is InChI=1S/C10H12N2O4/c13-10(14)12-5-6-15-9(7-12)16-8-3-1-2-4-11-8/h1-4,9H,5-7H2,(H,13,14). The van der Waals surface area contributed by atoms with E-state index in [4.69, 9.17) is 14.6 Å². The summed E-state index contributed by atoms with van der Waals surface area (Å²) in [4.78, 5) is 16.0. The Morgan fingerprint density at radius 2 is 2.50 bits per heavy atom. The zero-order chi connectivity index (χ0) is 11.4. The summed E-state index contributed by atoms with van der Waals surface area (Å²) in [5.41, 5.74) is 0. The minimum atomic E-state index is -0.960. The Hall–Kier alpha value is -1.82. The molecule has 0 spiro atoms. The van der Waals surface area contributed by atoms with Crippen LogP contribution < -0.4 is 4.74 Å². The van der Waals surface area contributed by atoms with Crippen molar-refractivity contribution in [2.45, 2.75) is 6.29 Å². The first kappa shape index (κ1) is 10.7. The first-order valence-corrected chi connectivity index (χ1v) is 4.93. The third-order valence-electron chi connectivity index (χ3n) is 2.19. The number of carboxylic acid groups (broad SMARTS) is 1. The molecule has 6 nitrogen and oxygen atoms in total. The zero-order valence-corrected chi connectivity index (χ0v) is 8.57. The number of hydrogen-bond donors (Lipinski definition) is 1. The van der Waals surface area contributed by atoms with Crippen molar-refractivity contribution < 1.29 is 19.4 Å². The van der Waals surface area contributed by atoms with Crippen LogP contribution in [0.5, 0.6) is 5.88 Å². The van der Waals surface area contributed by atoms with Crippen LogP contribution in [-0.4, -0.2) is 47.1 Å². The third-order valence-corrected chi connectivity index (χ3v) is 2.19. The van der Waals surface area contributed by atoms with Gasteiger partial charge >= 0.3 is 6.09 Å². The largest absolute Gasteiger partial charge is 0.465 e. The average Bonchev–Trinajstić information content (AvgIpc) is 2.30. The number of hydrogen-bond acceptors (Lipinski definition) is 4. The van der Waals surface area contributed by atoms with E-state index in [1.807, 2.05) is 0 Å². The number of amides is 1. The molecule has 1 aliphatic rings. The molecule has 1 amide bonds. The second-order valence-corrected chi connectivity index (χ2v) is 3.31. The van der Waals surface area contributed by atoms with Crippen molar-refractivity contribution in [3.05, 3.63) is 24.4 Å². The van der Waals surface area contributed by atoms with Crippen LogP contribution in [-0.2, 0) is 4.74 Å². The van der Waals surface area contributed by atoms with Crippen LogP contribution in [0.4, 0.5) is 4.79 Å². The molecular weight excluding hydrogens is 212 g/mol. The molecule has 16 heavy (non-hydrogen) atoms. The fourth-order valence-corrected chi connectivity index (χ4v) is 1.41. The van der Waals surface area contributed by atoms with E-state index in [9.17, 15) is 4.79 Å². The number of pyridine rings is 1. The predicted octanol–water partition coefficient (Wildman–Crippen LogP) is 0.797. The fourth-order valence-electron chi connectivity index (χ4n) is 1.41. The lowest BCUT2D eigenvalue weighted by Crippen LogP contribution is -2.47. The van der Waals surface area contributed by atoms with Crippen molar-refractivity contribution >= 4 is 6.09 Å². The summed E-state index contributed by atoms with van der Waals surface area (Å²) in [7, 11) is 0. The van der Waals surface area contributed by atoms with Gasteiger partial charge in [-0.2, -0.15) is 0 Å². The number of morpholine rings is 1. The van der Waals surface area contributed by atoms with Crippen LogP contribution in [0.15, 0.2) is 24.4 Å². The van der Waals surface area contributed by atoms with Gasteiger partial charge < -0.3 is 14.6 Å².